The van der Waals surface area contributed by atoms with Crippen LogP contribution < -0.4 is 10.2 Å². The molecule has 0 aliphatic carbocycles. The lowest BCUT2D eigenvalue weighted by molar-refractivity contribution is -0.115. The van der Waals surface area contributed by atoms with Crippen molar-refractivity contribution >= 4 is 29.0 Å². The van der Waals surface area contributed by atoms with Crippen LogP contribution in [-0.2, 0) is 11.3 Å². The maximum absolute atomic E-state index is 12.7. The van der Waals surface area contributed by atoms with Crippen LogP contribution in [0.15, 0.2) is 54.6 Å². The monoisotopic (exact) mass is 413 g/mol. The van der Waals surface area contributed by atoms with Crippen LogP contribution in [0.2, 0.25) is 0 Å². The van der Waals surface area contributed by atoms with E-state index >= 15 is 0 Å². The molecule has 0 aromatic heterocycles. The molecule has 1 fully saturated rings. The van der Waals surface area contributed by atoms with Crippen molar-refractivity contribution in [2.75, 3.05) is 47.9 Å². The molecule has 0 radical (unpaired) electrons. The molecule has 1 amide bonds. The molecule has 1 saturated heterocycles. The smallest absolute Gasteiger partial charge is 0.243 e. The highest BCUT2D eigenvalue weighted by Gasteiger charge is 2.16. The zero-order valence-corrected chi connectivity index (χ0v) is 17.9. The third-order valence-electron chi connectivity index (χ3n) is 5.08. The zero-order chi connectivity index (χ0) is 20.5. The van der Waals surface area contributed by atoms with E-state index < -0.39 is 6.10 Å². The summed E-state index contributed by atoms with van der Waals surface area (Å²) >= 11 is 2.01. The quantitative estimate of drug-likeness (QED) is 0.659. The molecule has 0 bridgehead atoms. The SMILES string of the molecule is CCC(O)CN(CC(=O)Nc1cccc(CN2CCSCC2)c1)c1ccccc1. The van der Waals surface area contributed by atoms with E-state index in [9.17, 15) is 9.90 Å². The van der Waals surface area contributed by atoms with Crippen LogP contribution in [0.1, 0.15) is 18.9 Å². The normalized spacial score (nSPS) is 15.7. The van der Waals surface area contributed by atoms with E-state index in [0.29, 0.717) is 13.0 Å². The van der Waals surface area contributed by atoms with Crippen LogP contribution in [0.3, 0.4) is 0 Å². The standard InChI is InChI=1S/C23H31N3O2S/c1-2-22(27)17-26(21-9-4-3-5-10-21)18-23(28)24-20-8-6-7-19(15-20)16-25-11-13-29-14-12-25/h3-10,15,22,27H,2,11-14,16-18H2,1H3,(H,24,28). The largest absolute Gasteiger partial charge is 0.391 e. The van der Waals surface area contributed by atoms with Gasteiger partial charge >= 0.3 is 0 Å². The zero-order valence-electron chi connectivity index (χ0n) is 17.1. The van der Waals surface area contributed by atoms with Crippen molar-refractivity contribution in [2.45, 2.75) is 26.0 Å². The second kappa shape index (κ2) is 11.2. The summed E-state index contributed by atoms with van der Waals surface area (Å²) in [5.41, 5.74) is 2.98. The summed E-state index contributed by atoms with van der Waals surface area (Å²) in [6.45, 7) is 5.74. The van der Waals surface area contributed by atoms with E-state index in [4.69, 9.17) is 0 Å². The molecule has 156 valence electrons. The number of carbonyl (C=O) groups is 1. The van der Waals surface area contributed by atoms with E-state index in [1.54, 1.807) is 0 Å². The lowest BCUT2D eigenvalue weighted by Crippen LogP contribution is -2.38. The maximum atomic E-state index is 12.7. The average Bonchev–Trinajstić information content (AvgIpc) is 2.74. The highest BCUT2D eigenvalue weighted by Crippen LogP contribution is 2.17. The first-order chi connectivity index (χ1) is 14.1. The predicted octanol–water partition coefficient (Wildman–Crippen LogP) is 3.45. The molecule has 0 spiro atoms. The highest BCUT2D eigenvalue weighted by molar-refractivity contribution is 7.99. The number of para-hydroxylation sites is 1. The Bertz CT molecular complexity index is 766. The minimum Gasteiger partial charge on any atom is -0.391 e. The van der Waals surface area contributed by atoms with E-state index in [1.165, 1.54) is 17.1 Å². The number of thioether (sulfide) groups is 1. The molecule has 2 aromatic carbocycles. The molecule has 6 heteroatoms. The van der Waals surface area contributed by atoms with Crippen molar-refractivity contribution in [3.05, 3.63) is 60.2 Å². The van der Waals surface area contributed by atoms with Crippen molar-refractivity contribution in [1.82, 2.24) is 4.90 Å². The molecule has 1 unspecified atom stereocenters. The van der Waals surface area contributed by atoms with Gasteiger partial charge in [0.05, 0.1) is 12.6 Å². The summed E-state index contributed by atoms with van der Waals surface area (Å²) in [6, 6.07) is 17.9. The van der Waals surface area contributed by atoms with E-state index in [2.05, 4.69) is 22.3 Å². The van der Waals surface area contributed by atoms with Gasteiger partial charge in [-0.2, -0.15) is 11.8 Å². The number of benzene rings is 2. The van der Waals surface area contributed by atoms with Crippen LogP contribution in [-0.4, -0.2) is 59.7 Å². The third-order valence-corrected chi connectivity index (χ3v) is 6.02. The number of rotatable bonds is 9. The number of hydrogen-bond acceptors (Lipinski definition) is 5. The predicted molar refractivity (Wildman–Crippen MR) is 123 cm³/mol. The number of aliphatic hydroxyl groups is 1. The fourth-order valence-corrected chi connectivity index (χ4v) is 4.40. The summed E-state index contributed by atoms with van der Waals surface area (Å²) in [5, 5.41) is 13.1. The van der Waals surface area contributed by atoms with Gasteiger partial charge in [-0.1, -0.05) is 37.3 Å². The number of nitrogens with zero attached hydrogens (tertiary/aromatic N) is 2. The summed E-state index contributed by atoms with van der Waals surface area (Å²) in [4.78, 5) is 17.1. The molecule has 1 heterocycles. The van der Waals surface area contributed by atoms with Crippen molar-refractivity contribution < 1.29 is 9.90 Å². The van der Waals surface area contributed by atoms with E-state index in [1.807, 2.05) is 66.1 Å². The number of nitrogens with one attached hydrogen (secondary N) is 1. The fourth-order valence-electron chi connectivity index (χ4n) is 3.42. The Labute approximate surface area is 178 Å². The van der Waals surface area contributed by atoms with E-state index in [-0.39, 0.29) is 12.5 Å². The Morgan fingerprint density at radius 3 is 2.66 bits per heavy atom. The topological polar surface area (TPSA) is 55.8 Å². The molecule has 0 saturated carbocycles. The number of carbonyl (C=O) groups excluding carboxylic acids is 1. The van der Waals surface area contributed by atoms with Gasteiger partial charge in [-0.05, 0) is 36.2 Å². The molecule has 1 atom stereocenters. The van der Waals surface area contributed by atoms with Gasteiger partial charge in [-0.15, -0.1) is 0 Å². The summed E-state index contributed by atoms with van der Waals surface area (Å²) in [6.07, 6.45) is 0.191. The van der Waals surface area contributed by atoms with Crippen molar-refractivity contribution in [3.63, 3.8) is 0 Å². The summed E-state index contributed by atoms with van der Waals surface area (Å²) in [5.74, 6) is 2.30. The van der Waals surface area contributed by atoms with Gasteiger partial charge in [-0.3, -0.25) is 9.69 Å². The van der Waals surface area contributed by atoms with Crippen LogP contribution >= 0.6 is 11.8 Å². The Kier molecular flexibility index (Phi) is 8.40. The highest BCUT2D eigenvalue weighted by atomic mass is 32.2. The number of anilines is 2. The first-order valence-electron chi connectivity index (χ1n) is 10.3. The second-order valence-corrected chi connectivity index (χ2v) is 8.64. The minimum absolute atomic E-state index is 0.0799. The van der Waals surface area contributed by atoms with Crippen molar-refractivity contribution in [1.29, 1.82) is 0 Å². The van der Waals surface area contributed by atoms with Crippen molar-refractivity contribution in [3.8, 4) is 0 Å². The second-order valence-electron chi connectivity index (χ2n) is 7.42. The van der Waals surface area contributed by atoms with E-state index in [0.717, 1.165) is 31.0 Å². The molecular formula is C23H31N3O2S. The number of hydrogen-bond donors (Lipinski definition) is 2. The molecule has 2 N–H and O–H groups in total. The summed E-state index contributed by atoms with van der Waals surface area (Å²) < 4.78 is 0. The van der Waals surface area contributed by atoms with Crippen molar-refractivity contribution in [2.24, 2.45) is 0 Å². The molecular weight excluding hydrogens is 382 g/mol. The van der Waals surface area contributed by atoms with Gasteiger partial charge in [0.2, 0.25) is 5.91 Å². The summed E-state index contributed by atoms with van der Waals surface area (Å²) in [7, 11) is 0. The number of amides is 1. The molecule has 5 nitrogen and oxygen atoms in total. The molecule has 1 aliphatic rings. The molecule has 2 aromatic rings. The maximum Gasteiger partial charge on any atom is 0.243 e. The minimum atomic E-state index is -0.464. The average molecular weight is 414 g/mol. The lowest BCUT2D eigenvalue weighted by Gasteiger charge is -2.27. The Morgan fingerprint density at radius 2 is 1.93 bits per heavy atom. The Morgan fingerprint density at radius 1 is 1.17 bits per heavy atom. The van der Waals surface area contributed by atoms with Gasteiger partial charge in [0.1, 0.15) is 0 Å². The van der Waals surface area contributed by atoms with Gasteiger partial charge in [0.25, 0.3) is 0 Å². The molecule has 1 aliphatic heterocycles. The molecule has 29 heavy (non-hydrogen) atoms. The first-order valence-corrected chi connectivity index (χ1v) is 11.5. The molecule has 3 rings (SSSR count). The number of aliphatic hydroxyl groups excluding tert-OH is 1. The fraction of sp³-hybridized carbons (Fsp3) is 0.435. The van der Waals surface area contributed by atoms with Crippen LogP contribution in [0.5, 0.6) is 0 Å². The van der Waals surface area contributed by atoms with Crippen LogP contribution in [0, 0.1) is 0 Å². The van der Waals surface area contributed by atoms with Gasteiger partial charge in [-0.25, -0.2) is 0 Å². The Hall–Kier alpha value is -2.02. The van der Waals surface area contributed by atoms with Gasteiger partial charge < -0.3 is 15.3 Å². The van der Waals surface area contributed by atoms with Gasteiger partial charge in [0, 0.05) is 49.1 Å². The van der Waals surface area contributed by atoms with Crippen LogP contribution in [0.4, 0.5) is 11.4 Å². The van der Waals surface area contributed by atoms with Crippen LogP contribution in [0.25, 0.3) is 0 Å². The first kappa shape index (κ1) is 21.7. The third kappa shape index (κ3) is 7.07. The lowest BCUT2D eigenvalue weighted by atomic mass is 10.2. The van der Waals surface area contributed by atoms with Gasteiger partial charge in [0.15, 0.2) is 0 Å². The Balaban J connectivity index is 1.61.